The molecule has 4 aromatic carbocycles. The molecule has 1 aliphatic heterocycles. The number of rotatable bonds is 17. The summed E-state index contributed by atoms with van der Waals surface area (Å²) in [6.07, 6.45) is 2.11. The van der Waals surface area contributed by atoms with Crippen LogP contribution in [0.3, 0.4) is 0 Å². The van der Waals surface area contributed by atoms with Gasteiger partial charge in [0.25, 0.3) is 5.91 Å². The average molecular weight is 680 g/mol. The Morgan fingerprint density at radius 2 is 1.52 bits per heavy atom. The number of anilines is 2. The highest BCUT2D eigenvalue weighted by atomic mass is 16.5. The summed E-state index contributed by atoms with van der Waals surface area (Å²) >= 11 is 0. The third-order valence-electron chi connectivity index (χ3n) is 8.82. The Hall–Kier alpha value is -5.02. The van der Waals surface area contributed by atoms with E-state index < -0.39 is 5.97 Å². The van der Waals surface area contributed by atoms with Gasteiger partial charge in [0.1, 0.15) is 23.4 Å². The molecule has 0 saturated carbocycles. The van der Waals surface area contributed by atoms with Gasteiger partial charge in [-0.2, -0.15) is 0 Å². The van der Waals surface area contributed by atoms with Crippen molar-refractivity contribution in [1.29, 1.82) is 0 Å². The molecule has 1 saturated heterocycles. The molecular formula is C41H49N3O6. The van der Waals surface area contributed by atoms with Crippen LogP contribution in [-0.2, 0) is 11.2 Å². The largest absolute Gasteiger partial charge is 0.495 e. The molecule has 264 valence electrons. The van der Waals surface area contributed by atoms with Gasteiger partial charge < -0.3 is 29.5 Å². The molecule has 1 fully saturated rings. The molecule has 0 bridgehead atoms. The van der Waals surface area contributed by atoms with E-state index in [4.69, 9.17) is 19.3 Å². The Kier molecular flexibility index (Phi) is 13.1. The smallest absolute Gasteiger partial charge is 0.303 e. The van der Waals surface area contributed by atoms with E-state index in [2.05, 4.69) is 65.4 Å². The number of ether oxygens (including phenoxy) is 3. The molecule has 0 spiro atoms. The number of nitrogens with zero attached hydrogens (tertiary/aromatic N) is 2. The second-order valence-electron chi connectivity index (χ2n) is 13.1. The standard InChI is InChI=1S/C41H49N3O6/c1-30(2)29-31-14-16-32(17-15-31)37(22-23-43-24-26-44(27-25-43)36-10-5-7-12-39(36)48-3)50-34-20-18-33(19-21-34)41(47)42-35-9-4-6-11-38(35)49-28-8-13-40(45)46/h4-7,9-12,14-21,30,37H,8,13,22-29H2,1-3H3,(H,42,47)(H,45,46). The lowest BCUT2D eigenvalue weighted by molar-refractivity contribution is -0.137. The highest BCUT2D eigenvalue weighted by Crippen LogP contribution is 2.30. The summed E-state index contributed by atoms with van der Waals surface area (Å²) in [7, 11) is 1.72. The number of hydrogen-bond acceptors (Lipinski definition) is 7. The van der Waals surface area contributed by atoms with Crippen LogP contribution in [0.2, 0.25) is 0 Å². The number of carboxylic acids is 1. The van der Waals surface area contributed by atoms with E-state index in [9.17, 15) is 9.59 Å². The van der Waals surface area contributed by atoms with Crippen molar-refractivity contribution in [2.24, 2.45) is 5.92 Å². The summed E-state index contributed by atoms with van der Waals surface area (Å²) in [5.41, 5.74) is 4.60. The quantitative estimate of drug-likeness (QED) is 0.110. The van der Waals surface area contributed by atoms with Crippen molar-refractivity contribution in [3.63, 3.8) is 0 Å². The zero-order valence-electron chi connectivity index (χ0n) is 29.3. The number of hydrogen-bond donors (Lipinski definition) is 2. The van der Waals surface area contributed by atoms with E-state index >= 15 is 0 Å². The fourth-order valence-corrected chi connectivity index (χ4v) is 6.18. The Labute approximate surface area is 295 Å². The van der Waals surface area contributed by atoms with Crippen LogP contribution in [0.25, 0.3) is 0 Å². The maximum Gasteiger partial charge on any atom is 0.303 e. The zero-order valence-corrected chi connectivity index (χ0v) is 29.3. The summed E-state index contributed by atoms with van der Waals surface area (Å²) in [5, 5.41) is 11.8. The maximum absolute atomic E-state index is 13.2. The first-order valence-electron chi connectivity index (χ1n) is 17.5. The minimum absolute atomic E-state index is 0.0228. The van der Waals surface area contributed by atoms with E-state index in [1.807, 2.05) is 36.4 Å². The van der Waals surface area contributed by atoms with Crippen molar-refractivity contribution in [3.05, 3.63) is 114 Å². The Morgan fingerprint density at radius 3 is 2.20 bits per heavy atom. The van der Waals surface area contributed by atoms with Gasteiger partial charge in [-0.25, -0.2) is 0 Å². The van der Waals surface area contributed by atoms with Crippen LogP contribution in [0.15, 0.2) is 97.1 Å². The van der Waals surface area contributed by atoms with Gasteiger partial charge in [-0.1, -0.05) is 62.4 Å². The van der Waals surface area contributed by atoms with Gasteiger partial charge in [-0.15, -0.1) is 0 Å². The predicted octanol–water partition coefficient (Wildman–Crippen LogP) is 7.72. The number of para-hydroxylation sites is 4. The Morgan fingerprint density at radius 1 is 0.840 bits per heavy atom. The van der Waals surface area contributed by atoms with Crippen LogP contribution in [0, 0.1) is 5.92 Å². The first kappa shape index (κ1) is 36.3. The van der Waals surface area contributed by atoms with Gasteiger partial charge >= 0.3 is 5.97 Å². The van der Waals surface area contributed by atoms with Crippen molar-refractivity contribution >= 4 is 23.3 Å². The molecule has 1 heterocycles. The number of methoxy groups -OCH3 is 1. The summed E-state index contributed by atoms with van der Waals surface area (Å²) in [6.45, 7) is 9.38. The fraction of sp³-hybridized carbons (Fsp3) is 0.366. The molecule has 1 aliphatic rings. The lowest BCUT2D eigenvalue weighted by atomic mass is 9.99. The number of amides is 1. The molecular weight excluding hydrogens is 630 g/mol. The molecule has 9 nitrogen and oxygen atoms in total. The Bertz CT molecular complexity index is 1670. The topological polar surface area (TPSA) is 101 Å². The summed E-state index contributed by atoms with van der Waals surface area (Å²) in [5.74, 6) is 1.54. The zero-order chi connectivity index (χ0) is 35.3. The average Bonchev–Trinajstić information content (AvgIpc) is 3.13. The van der Waals surface area contributed by atoms with E-state index in [1.165, 1.54) is 5.56 Å². The summed E-state index contributed by atoms with van der Waals surface area (Å²) in [6, 6.07) is 31.3. The van der Waals surface area contributed by atoms with Crippen LogP contribution in [0.4, 0.5) is 11.4 Å². The van der Waals surface area contributed by atoms with Crippen molar-refractivity contribution in [2.45, 2.75) is 45.6 Å². The fourth-order valence-electron chi connectivity index (χ4n) is 6.18. The van der Waals surface area contributed by atoms with Gasteiger partial charge in [-0.05, 0) is 78.4 Å². The molecule has 50 heavy (non-hydrogen) atoms. The van der Waals surface area contributed by atoms with Crippen LogP contribution in [-0.4, -0.2) is 68.3 Å². The summed E-state index contributed by atoms with van der Waals surface area (Å²) in [4.78, 5) is 28.9. The van der Waals surface area contributed by atoms with Crippen molar-refractivity contribution in [3.8, 4) is 17.2 Å². The van der Waals surface area contributed by atoms with E-state index in [0.29, 0.717) is 35.1 Å². The van der Waals surface area contributed by atoms with E-state index in [0.717, 1.165) is 62.6 Å². The Balaban J connectivity index is 1.21. The van der Waals surface area contributed by atoms with Crippen LogP contribution in [0.5, 0.6) is 17.2 Å². The van der Waals surface area contributed by atoms with E-state index in [1.54, 1.807) is 31.4 Å². The van der Waals surface area contributed by atoms with Gasteiger partial charge in [0.2, 0.25) is 0 Å². The molecule has 5 rings (SSSR count). The molecule has 2 N–H and O–H groups in total. The third kappa shape index (κ3) is 10.5. The van der Waals surface area contributed by atoms with Gasteiger partial charge in [0.05, 0.1) is 25.1 Å². The lowest BCUT2D eigenvalue weighted by Gasteiger charge is -2.37. The normalized spacial score (nSPS) is 13.9. The number of aliphatic carboxylic acids is 1. The third-order valence-corrected chi connectivity index (χ3v) is 8.82. The van der Waals surface area contributed by atoms with Crippen LogP contribution >= 0.6 is 0 Å². The monoisotopic (exact) mass is 679 g/mol. The molecule has 0 aromatic heterocycles. The number of nitrogens with one attached hydrogen (secondary N) is 1. The number of benzene rings is 4. The second-order valence-corrected chi connectivity index (χ2v) is 13.1. The number of carbonyl (C=O) groups is 2. The summed E-state index contributed by atoms with van der Waals surface area (Å²) < 4.78 is 18.0. The molecule has 4 aromatic rings. The van der Waals surface area contributed by atoms with E-state index in [-0.39, 0.29) is 25.0 Å². The van der Waals surface area contributed by atoms with Crippen molar-refractivity contribution in [2.75, 3.05) is 56.7 Å². The first-order chi connectivity index (χ1) is 24.3. The van der Waals surface area contributed by atoms with Gasteiger partial charge in [0.15, 0.2) is 0 Å². The molecule has 1 unspecified atom stereocenters. The van der Waals surface area contributed by atoms with Crippen LogP contribution in [0.1, 0.15) is 60.7 Å². The molecule has 9 heteroatoms. The minimum atomic E-state index is -0.868. The molecule has 0 aliphatic carbocycles. The highest BCUT2D eigenvalue weighted by Gasteiger charge is 2.22. The molecule has 0 radical (unpaired) electrons. The number of carboxylic acid groups (broad SMARTS) is 1. The van der Waals surface area contributed by atoms with Gasteiger partial charge in [-0.3, -0.25) is 14.5 Å². The van der Waals surface area contributed by atoms with Crippen LogP contribution < -0.4 is 24.4 Å². The number of carbonyl (C=O) groups excluding carboxylic acids is 1. The van der Waals surface area contributed by atoms with Crippen molar-refractivity contribution < 1.29 is 28.9 Å². The van der Waals surface area contributed by atoms with Crippen molar-refractivity contribution in [1.82, 2.24) is 4.90 Å². The second kappa shape index (κ2) is 18.1. The highest BCUT2D eigenvalue weighted by molar-refractivity contribution is 6.05. The first-order valence-corrected chi connectivity index (χ1v) is 17.5. The molecule has 1 atom stereocenters. The lowest BCUT2D eigenvalue weighted by Crippen LogP contribution is -2.47. The minimum Gasteiger partial charge on any atom is -0.495 e. The maximum atomic E-state index is 13.2. The predicted molar refractivity (Wildman–Crippen MR) is 198 cm³/mol. The van der Waals surface area contributed by atoms with Gasteiger partial charge in [0, 0.05) is 51.1 Å². The SMILES string of the molecule is COc1ccccc1N1CCN(CCC(Oc2ccc(C(=O)Nc3ccccc3OCCCC(=O)O)cc2)c2ccc(CC(C)C)cc2)CC1. The molecule has 1 amide bonds. The number of piperazine rings is 1.